The van der Waals surface area contributed by atoms with Gasteiger partial charge in [-0.1, -0.05) is 38.1 Å². The van der Waals surface area contributed by atoms with Gasteiger partial charge in [0.15, 0.2) is 11.3 Å². The summed E-state index contributed by atoms with van der Waals surface area (Å²) < 4.78 is 45.0. The Kier molecular flexibility index (Phi) is 6.72. The fraction of sp³-hybridized carbons (Fsp3) is 0.333. The molecule has 4 rings (SSSR count). The summed E-state index contributed by atoms with van der Waals surface area (Å²) in [7, 11) is 1.57. The summed E-state index contributed by atoms with van der Waals surface area (Å²) in [5.74, 6) is -0.215. The van der Waals surface area contributed by atoms with E-state index in [1.807, 2.05) is 32.9 Å². The van der Waals surface area contributed by atoms with E-state index in [1.54, 1.807) is 30.1 Å². The average molecular weight is 549 g/mol. The van der Waals surface area contributed by atoms with Crippen molar-refractivity contribution in [1.82, 2.24) is 29.3 Å². The van der Waals surface area contributed by atoms with Crippen LogP contribution < -0.4 is 0 Å². The third kappa shape index (κ3) is 4.82. The Morgan fingerprint density at radius 2 is 1.83 bits per heavy atom. The molecule has 0 spiro atoms. The number of aromatic nitrogens is 5. The number of nitrogens with zero attached hydrogens (tertiary/aromatic N) is 6. The van der Waals surface area contributed by atoms with E-state index >= 15 is 0 Å². The van der Waals surface area contributed by atoms with Gasteiger partial charge in [-0.05, 0) is 40.4 Å². The van der Waals surface area contributed by atoms with Crippen LogP contribution in [0, 0.1) is 0 Å². The molecule has 0 unspecified atom stereocenters. The number of rotatable bonds is 6. The molecule has 3 aromatic heterocycles. The van der Waals surface area contributed by atoms with Gasteiger partial charge in [0.2, 0.25) is 0 Å². The Hall–Kier alpha value is -3.21. The van der Waals surface area contributed by atoms with E-state index in [1.165, 1.54) is 4.90 Å². The Labute approximate surface area is 208 Å². The van der Waals surface area contributed by atoms with Crippen molar-refractivity contribution in [1.29, 1.82) is 0 Å². The van der Waals surface area contributed by atoms with Crippen molar-refractivity contribution in [2.24, 2.45) is 0 Å². The Morgan fingerprint density at radius 1 is 1.14 bits per heavy atom. The van der Waals surface area contributed by atoms with Crippen molar-refractivity contribution in [3.05, 3.63) is 69.7 Å². The van der Waals surface area contributed by atoms with E-state index in [2.05, 4.69) is 31.1 Å². The molecule has 0 saturated heterocycles. The van der Waals surface area contributed by atoms with E-state index in [0.717, 1.165) is 28.0 Å². The second-order valence-electron chi connectivity index (χ2n) is 8.51. The van der Waals surface area contributed by atoms with Crippen molar-refractivity contribution in [3.8, 4) is 11.3 Å². The van der Waals surface area contributed by atoms with E-state index in [0.29, 0.717) is 16.6 Å². The van der Waals surface area contributed by atoms with E-state index in [-0.39, 0.29) is 29.4 Å². The summed E-state index contributed by atoms with van der Waals surface area (Å²) in [6, 6.07) is 8.16. The highest BCUT2D eigenvalue weighted by molar-refractivity contribution is 9.10. The number of alkyl halides is 3. The van der Waals surface area contributed by atoms with Gasteiger partial charge in [-0.25, -0.2) is 9.50 Å². The predicted octanol–water partition coefficient (Wildman–Crippen LogP) is 5.79. The minimum Gasteiger partial charge on any atom is -0.336 e. The normalized spacial score (nSPS) is 12.0. The van der Waals surface area contributed by atoms with Crippen LogP contribution in [-0.4, -0.2) is 42.2 Å². The van der Waals surface area contributed by atoms with Crippen LogP contribution in [0.4, 0.5) is 13.2 Å². The van der Waals surface area contributed by atoms with Gasteiger partial charge in [-0.15, -0.1) is 0 Å². The highest BCUT2D eigenvalue weighted by Gasteiger charge is 2.36. The van der Waals surface area contributed by atoms with Gasteiger partial charge >= 0.3 is 6.18 Å². The van der Waals surface area contributed by atoms with Crippen molar-refractivity contribution < 1.29 is 18.0 Å². The van der Waals surface area contributed by atoms with Crippen LogP contribution in [0.25, 0.3) is 16.9 Å². The minimum atomic E-state index is -4.69. The smallest absolute Gasteiger partial charge is 0.336 e. The molecule has 0 aliphatic heterocycles. The molecular formula is C24H24BrF3N6O. The summed E-state index contributed by atoms with van der Waals surface area (Å²) >= 11 is 3.43. The van der Waals surface area contributed by atoms with Crippen LogP contribution in [0.2, 0.25) is 0 Å². The lowest BCUT2D eigenvalue weighted by Gasteiger charge is -2.18. The number of hydrogen-bond acceptors (Lipinski definition) is 4. The number of fused-ring (bicyclic) bond motifs is 1. The largest absolute Gasteiger partial charge is 0.433 e. The van der Waals surface area contributed by atoms with Crippen LogP contribution in [0.5, 0.6) is 0 Å². The third-order valence-electron chi connectivity index (χ3n) is 5.80. The highest BCUT2D eigenvalue weighted by Crippen LogP contribution is 2.33. The molecule has 7 nitrogen and oxygen atoms in total. The van der Waals surface area contributed by atoms with Gasteiger partial charge in [0.05, 0.1) is 34.8 Å². The Balaban J connectivity index is 1.78. The fourth-order valence-corrected chi connectivity index (χ4v) is 4.24. The zero-order valence-electron chi connectivity index (χ0n) is 19.6. The lowest BCUT2D eigenvalue weighted by atomic mass is 10.0. The van der Waals surface area contributed by atoms with E-state index < -0.39 is 17.8 Å². The summed E-state index contributed by atoms with van der Waals surface area (Å²) in [6.45, 7) is 6.80. The fourth-order valence-electron chi connectivity index (χ4n) is 3.82. The zero-order valence-corrected chi connectivity index (χ0v) is 21.2. The van der Waals surface area contributed by atoms with Crippen LogP contribution in [0.15, 0.2) is 47.2 Å². The van der Waals surface area contributed by atoms with Gasteiger partial charge in [-0.2, -0.15) is 23.4 Å². The number of halogens is 4. The number of aryl methyl sites for hydroxylation is 1. The van der Waals surface area contributed by atoms with Crippen LogP contribution in [-0.2, 0) is 19.3 Å². The summed E-state index contributed by atoms with van der Waals surface area (Å²) in [5.41, 5.74) is 1.30. The maximum atomic E-state index is 13.9. The molecule has 4 aromatic rings. The molecule has 0 bridgehead atoms. The number of carbonyl (C=O) groups excluding carboxylic acids is 1. The van der Waals surface area contributed by atoms with E-state index in [4.69, 9.17) is 0 Å². The molecule has 0 radical (unpaired) electrons. The average Bonchev–Trinajstić information content (AvgIpc) is 3.40. The van der Waals surface area contributed by atoms with Crippen LogP contribution >= 0.6 is 15.9 Å². The minimum absolute atomic E-state index is 0.0164. The second kappa shape index (κ2) is 9.44. The monoisotopic (exact) mass is 548 g/mol. The number of hydrogen-bond donors (Lipinski definition) is 0. The molecule has 0 N–H and O–H groups in total. The number of amides is 1. The Bertz CT molecular complexity index is 1370. The first kappa shape index (κ1) is 24.9. The Morgan fingerprint density at radius 3 is 2.43 bits per heavy atom. The second-order valence-corrected chi connectivity index (χ2v) is 9.37. The molecule has 0 saturated carbocycles. The summed E-state index contributed by atoms with van der Waals surface area (Å²) in [4.78, 5) is 19.1. The predicted molar refractivity (Wildman–Crippen MR) is 129 cm³/mol. The number of benzene rings is 1. The van der Waals surface area contributed by atoms with Gasteiger partial charge < -0.3 is 4.90 Å². The maximum Gasteiger partial charge on any atom is 0.433 e. The van der Waals surface area contributed by atoms with Crippen molar-refractivity contribution >= 4 is 27.5 Å². The molecule has 0 aliphatic carbocycles. The molecule has 1 aromatic carbocycles. The number of carbonyl (C=O) groups is 1. The van der Waals surface area contributed by atoms with Gasteiger partial charge in [0.1, 0.15) is 5.56 Å². The van der Waals surface area contributed by atoms with Crippen molar-refractivity contribution in [3.63, 3.8) is 0 Å². The van der Waals surface area contributed by atoms with Crippen molar-refractivity contribution in [2.45, 2.75) is 46.0 Å². The van der Waals surface area contributed by atoms with Gasteiger partial charge in [0.25, 0.3) is 5.91 Å². The molecular weight excluding hydrogens is 525 g/mol. The van der Waals surface area contributed by atoms with Crippen molar-refractivity contribution in [2.75, 3.05) is 7.05 Å². The molecule has 35 heavy (non-hydrogen) atoms. The lowest BCUT2D eigenvalue weighted by molar-refractivity contribution is -0.142. The summed E-state index contributed by atoms with van der Waals surface area (Å²) in [6.07, 6.45) is -1.92. The lowest BCUT2D eigenvalue weighted by Crippen LogP contribution is -2.28. The van der Waals surface area contributed by atoms with E-state index in [9.17, 15) is 18.0 Å². The van der Waals surface area contributed by atoms with Gasteiger partial charge in [0, 0.05) is 19.2 Å². The maximum absolute atomic E-state index is 13.9. The molecule has 3 heterocycles. The first-order valence-electron chi connectivity index (χ1n) is 11.0. The van der Waals surface area contributed by atoms with Crippen LogP contribution in [0.1, 0.15) is 54.0 Å². The molecule has 184 valence electrons. The zero-order chi connectivity index (χ0) is 25.5. The standard InChI is InChI=1S/C24H24BrF3N6O/c1-5-33-20(18(25)12-29-33)13-32(4)23(35)17-11-30-34-21(24(26,27)28)10-19(31-22(17)34)16-8-6-15(7-9-16)14(2)3/h6-12,14H,5,13H2,1-4H3. The first-order valence-corrected chi connectivity index (χ1v) is 11.8. The molecule has 1 amide bonds. The molecule has 0 fully saturated rings. The first-order chi connectivity index (χ1) is 16.5. The summed E-state index contributed by atoms with van der Waals surface area (Å²) in [5, 5.41) is 8.11. The molecule has 11 heteroatoms. The van der Waals surface area contributed by atoms with Crippen LogP contribution in [0.3, 0.4) is 0 Å². The quantitative estimate of drug-likeness (QED) is 0.306. The molecule has 0 atom stereocenters. The topological polar surface area (TPSA) is 68.3 Å². The SMILES string of the molecule is CCn1ncc(Br)c1CN(C)C(=O)c1cnn2c(C(F)(F)F)cc(-c3ccc(C(C)C)cc3)nc12. The highest BCUT2D eigenvalue weighted by atomic mass is 79.9. The third-order valence-corrected chi connectivity index (χ3v) is 6.46. The van der Waals surface area contributed by atoms with Gasteiger partial charge in [-0.3, -0.25) is 9.48 Å². The molecule has 0 aliphatic rings.